The van der Waals surface area contributed by atoms with Crippen molar-refractivity contribution in [2.75, 3.05) is 0 Å². The number of esters is 1. The standard InChI is InChI=1S/C20H32O3/c1-13-17-11-15(20(5)10-6-9-19(3,4)12-20)7-8-16(17)18(22-13)23-14(2)21/h7,13,16-18H,6,8-12H2,1-5H3/t13-,16-,17-,18+,20-/m1/s1. The second-order valence-electron chi connectivity index (χ2n) is 9.07. The minimum absolute atomic E-state index is 0.174. The molecule has 0 spiro atoms. The van der Waals surface area contributed by atoms with E-state index in [-0.39, 0.29) is 18.4 Å². The number of rotatable bonds is 2. The maximum Gasteiger partial charge on any atom is 0.304 e. The summed E-state index contributed by atoms with van der Waals surface area (Å²) in [6.45, 7) is 10.9. The lowest BCUT2D eigenvalue weighted by molar-refractivity contribution is -0.177. The van der Waals surface area contributed by atoms with Crippen molar-refractivity contribution >= 4 is 5.97 Å². The van der Waals surface area contributed by atoms with Crippen LogP contribution in [0.25, 0.3) is 0 Å². The van der Waals surface area contributed by atoms with Crippen molar-refractivity contribution in [3.8, 4) is 0 Å². The summed E-state index contributed by atoms with van der Waals surface area (Å²) in [7, 11) is 0. The molecule has 0 amide bonds. The normalized spacial score (nSPS) is 42.7. The predicted octanol–water partition coefficient (Wildman–Crippen LogP) is 4.85. The van der Waals surface area contributed by atoms with Crippen LogP contribution in [0.2, 0.25) is 0 Å². The van der Waals surface area contributed by atoms with Gasteiger partial charge in [-0.25, -0.2) is 0 Å². The topological polar surface area (TPSA) is 35.5 Å². The Bertz CT molecular complexity index is 507. The number of fused-ring (bicyclic) bond motifs is 1. The molecule has 23 heavy (non-hydrogen) atoms. The molecule has 3 aliphatic rings. The van der Waals surface area contributed by atoms with Crippen LogP contribution in [-0.2, 0) is 14.3 Å². The maximum atomic E-state index is 11.3. The summed E-state index contributed by atoms with van der Waals surface area (Å²) in [4.78, 5) is 11.3. The van der Waals surface area contributed by atoms with Crippen molar-refractivity contribution in [3.63, 3.8) is 0 Å². The molecular weight excluding hydrogens is 288 g/mol. The van der Waals surface area contributed by atoms with Crippen LogP contribution in [0.5, 0.6) is 0 Å². The molecule has 3 heteroatoms. The molecule has 0 bridgehead atoms. The summed E-state index contributed by atoms with van der Waals surface area (Å²) in [5, 5.41) is 0. The van der Waals surface area contributed by atoms with Gasteiger partial charge in [0.15, 0.2) is 0 Å². The summed E-state index contributed by atoms with van der Waals surface area (Å²) in [6, 6.07) is 0. The van der Waals surface area contributed by atoms with Gasteiger partial charge in [0, 0.05) is 12.8 Å². The molecule has 0 N–H and O–H groups in total. The van der Waals surface area contributed by atoms with Crippen LogP contribution < -0.4 is 0 Å². The second-order valence-corrected chi connectivity index (χ2v) is 9.07. The van der Waals surface area contributed by atoms with Crippen molar-refractivity contribution in [3.05, 3.63) is 11.6 Å². The molecule has 3 nitrogen and oxygen atoms in total. The molecule has 1 saturated carbocycles. The Morgan fingerprint density at radius 2 is 2.00 bits per heavy atom. The smallest absolute Gasteiger partial charge is 0.304 e. The molecular formula is C20H32O3. The molecule has 1 saturated heterocycles. The minimum atomic E-state index is -0.346. The zero-order chi connectivity index (χ0) is 16.8. The van der Waals surface area contributed by atoms with Crippen molar-refractivity contribution in [2.45, 2.75) is 85.5 Å². The summed E-state index contributed by atoms with van der Waals surface area (Å²) in [5.74, 6) is 0.581. The fourth-order valence-electron chi connectivity index (χ4n) is 5.42. The first kappa shape index (κ1) is 17.0. The molecule has 0 aromatic rings. The van der Waals surface area contributed by atoms with Gasteiger partial charge >= 0.3 is 5.97 Å². The van der Waals surface area contributed by atoms with E-state index in [9.17, 15) is 4.79 Å². The van der Waals surface area contributed by atoms with Crippen LogP contribution in [-0.4, -0.2) is 18.4 Å². The molecule has 0 unspecified atom stereocenters. The number of carbonyl (C=O) groups excluding carboxylic acids is 1. The van der Waals surface area contributed by atoms with Gasteiger partial charge in [-0.05, 0) is 55.8 Å². The van der Waals surface area contributed by atoms with Crippen molar-refractivity contribution in [1.29, 1.82) is 0 Å². The zero-order valence-corrected chi connectivity index (χ0v) is 15.4. The van der Waals surface area contributed by atoms with E-state index >= 15 is 0 Å². The molecule has 2 aliphatic carbocycles. The van der Waals surface area contributed by atoms with Gasteiger partial charge in [-0.15, -0.1) is 0 Å². The Morgan fingerprint density at radius 1 is 1.26 bits per heavy atom. The van der Waals surface area contributed by atoms with E-state index in [1.54, 1.807) is 5.57 Å². The Morgan fingerprint density at radius 3 is 2.65 bits per heavy atom. The molecule has 0 aromatic heterocycles. The fraction of sp³-hybridized carbons (Fsp3) is 0.850. The number of hydrogen-bond acceptors (Lipinski definition) is 3. The second kappa shape index (κ2) is 5.91. The predicted molar refractivity (Wildman–Crippen MR) is 90.8 cm³/mol. The van der Waals surface area contributed by atoms with Crippen LogP contribution in [0.3, 0.4) is 0 Å². The number of carbonyl (C=O) groups is 1. The summed E-state index contributed by atoms with van der Waals surface area (Å²) < 4.78 is 11.4. The molecule has 5 atom stereocenters. The van der Waals surface area contributed by atoms with Crippen molar-refractivity contribution in [2.24, 2.45) is 22.7 Å². The largest absolute Gasteiger partial charge is 0.436 e. The lowest BCUT2D eigenvalue weighted by atomic mass is 9.58. The Hall–Kier alpha value is -0.830. The van der Waals surface area contributed by atoms with E-state index in [0.717, 1.165) is 12.8 Å². The first-order valence-electron chi connectivity index (χ1n) is 9.22. The third-order valence-electron chi connectivity index (χ3n) is 6.45. The van der Waals surface area contributed by atoms with E-state index < -0.39 is 0 Å². The Balaban J connectivity index is 1.76. The van der Waals surface area contributed by atoms with Gasteiger partial charge in [0.2, 0.25) is 6.29 Å². The van der Waals surface area contributed by atoms with Gasteiger partial charge in [-0.2, -0.15) is 0 Å². The molecule has 0 radical (unpaired) electrons. The lowest BCUT2D eigenvalue weighted by Gasteiger charge is -2.46. The number of ether oxygens (including phenoxy) is 2. The van der Waals surface area contributed by atoms with Crippen LogP contribution in [0.4, 0.5) is 0 Å². The van der Waals surface area contributed by atoms with E-state index in [0.29, 0.717) is 22.7 Å². The van der Waals surface area contributed by atoms with Gasteiger partial charge in [-0.1, -0.05) is 38.8 Å². The van der Waals surface area contributed by atoms with Gasteiger partial charge in [0.05, 0.1) is 6.10 Å². The third kappa shape index (κ3) is 3.35. The van der Waals surface area contributed by atoms with Crippen LogP contribution in [0.15, 0.2) is 11.6 Å². The maximum absolute atomic E-state index is 11.3. The third-order valence-corrected chi connectivity index (χ3v) is 6.45. The first-order valence-corrected chi connectivity index (χ1v) is 9.22. The highest BCUT2D eigenvalue weighted by atomic mass is 16.7. The van der Waals surface area contributed by atoms with Crippen LogP contribution >= 0.6 is 0 Å². The highest BCUT2D eigenvalue weighted by molar-refractivity contribution is 5.66. The average molecular weight is 320 g/mol. The SMILES string of the molecule is CC(=O)O[C@@H]1O[C@H](C)[C@H]2CC([C@]3(C)CCCC(C)(C)C3)=CC[C@@H]12. The number of hydrogen-bond donors (Lipinski definition) is 0. The lowest BCUT2D eigenvalue weighted by Crippen LogP contribution is -2.36. The van der Waals surface area contributed by atoms with Gasteiger partial charge in [-0.3, -0.25) is 4.79 Å². The van der Waals surface area contributed by atoms with E-state index in [1.165, 1.54) is 32.6 Å². The first-order chi connectivity index (χ1) is 10.7. The quantitative estimate of drug-likeness (QED) is 0.539. The average Bonchev–Trinajstić information content (AvgIpc) is 2.73. The monoisotopic (exact) mass is 320 g/mol. The molecule has 1 heterocycles. The van der Waals surface area contributed by atoms with Gasteiger partial charge in [0.1, 0.15) is 0 Å². The zero-order valence-electron chi connectivity index (χ0n) is 15.4. The minimum Gasteiger partial charge on any atom is -0.436 e. The fourth-order valence-corrected chi connectivity index (χ4v) is 5.42. The number of allylic oxidation sites excluding steroid dienone is 2. The molecule has 1 aliphatic heterocycles. The van der Waals surface area contributed by atoms with E-state index in [4.69, 9.17) is 9.47 Å². The van der Waals surface area contributed by atoms with Crippen molar-refractivity contribution < 1.29 is 14.3 Å². The summed E-state index contributed by atoms with van der Waals surface area (Å²) in [5.41, 5.74) is 2.42. The van der Waals surface area contributed by atoms with Gasteiger partial charge < -0.3 is 9.47 Å². The van der Waals surface area contributed by atoms with Crippen molar-refractivity contribution in [1.82, 2.24) is 0 Å². The van der Waals surface area contributed by atoms with E-state index in [2.05, 4.69) is 33.8 Å². The Kier molecular flexibility index (Phi) is 4.37. The molecule has 2 fully saturated rings. The Labute approximate surface area is 140 Å². The molecule has 3 rings (SSSR count). The molecule has 0 aromatic carbocycles. The van der Waals surface area contributed by atoms with Crippen LogP contribution in [0.1, 0.15) is 73.1 Å². The molecule has 130 valence electrons. The van der Waals surface area contributed by atoms with Crippen LogP contribution in [0, 0.1) is 22.7 Å². The van der Waals surface area contributed by atoms with E-state index in [1.807, 2.05) is 0 Å². The summed E-state index contributed by atoms with van der Waals surface area (Å²) >= 11 is 0. The highest BCUT2D eigenvalue weighted by Crippen LogP contribution is 2.54. The van der Waals surface area contributed by atoms with Gasteiger partial charge in [0.25, 0.3) is 0 Å². The highest BCUT2D eigenvalue weighted by Gasteiger charge is 2.48. The summed E-state index contributed by atoms with van der Waals surface area (Å²) in [6.07, 6.45) is 9.63.